The summed E-state index contributed by atoms with van der Waals surface area (Å²) >= 11 is 18.9. The number of H-pyrrole nitrogens is 3. The van der Waals surface area contributed by atoms with Crippen LogP contribution in [-0.4, -0.2) is 234 Å². The van der Waals surface area contributed by atoms with Crippen molar-refractivity contribution in [2.45, 2.75) is 74.5 Å². The van der Waals surface area contributed by atoms with Gasteiger partial charge in [-0.25, -0.2) is 24.5 Å². The van der Waals surface area contributed by atoms with E-state index in [1.807, 2.05) is 41.5 Å². The molecule has 0 atom stereocenters. The van der Waals surface area contributed by atoms with Gasteiger partial charge in [-0.2, -0.15) is 15.0 Å². The summed E-state index contributed by atoms with van der Waals surface area (Å²) in [5.41, 5.74) is 33.5. The Balaban J connectivity index is 0.000000180. The van der Waals surface area contributed by atoms with Crippen molar-refractivity contribution in [2.24, 2.45) is 5.73 Å². The van der Waals surface area contributed by atoms with Gasteiger partial charge in [0, 0.05) is 146 Å². The Hall–Kier alpha value is -12.1. The number of pyridine rings is 3. The SMILES string of the molecule is CCO.COc1c(C)cnc(CN2C(=O)/C(=C\c3cc(C(=O)NCCN4CCOCC4)c[nH]3)c3c(Cl)nc(N)nc32)c1C.COc1c(C)cnc(CN2C(=O)/C(=C\c3cc(C(=O)O)c[nH]3)c3c(Cl)nc(N)nc32)c1C.COc1c(C)cnc(CN2C(=O)Cc3c(Cl)nc(N)nc32)c1C.NCCN1CCOCC1.O=Cc1cc(C(=O)O)c[nH]1. The quantitative estimate of drug-likeness (QED) is 0.0215. The zero-order valence-corrected chi connectivity index (χ0v) is 68.2. The van der Waals surface area contributed by atoms with Crippen molar-refractivity contribution in [1.29, 1.82) is 0 Å². The fourth-order valence-corrected chi connectivity index (χ4v) is 13.7. The fraction of sp³-hybridized carbons (Fsp3) is 0.351. The number of aliphatic hydroxyl groups is 1. The third-order valence-corrected chi connectivity index (χ3v) is 19.6. The van der Waals surface area contributed by atoms with Gasteiger partial charge >= 0.3 is 11.9 Å². The van der Waals surface area contributed by atoms with E-state index < -0.39 is 17.8 Å². The van der Waals surface area contributed by atoms with Gasteiger partial charge in [0.1, 0.15) is 38.5 Å². The van der Waals surface area contributed by atoms with Crippen molar-refractivity contribution in [2.75, 3.05) is 139 Å². The Morgan fingerprint density at radius 2 is 0.923 bits per heavy atom. The number of aliphatic hydroxyl groups excluding tert-OH is 1. The van der Waals surface area contributed by atoms with Gasteiger partial charge in [-0.05, 0) is 78.8 Å². The number of fused-ring (bicyclic) bond motifs is 3. The summed E-state index contributed by atoms with van der Waals surface area (Å²) in [5.74, 6) is -0.115. The van der Waals surface area contributed by atoms with Gasteiger partial charge in [0.15, 0.2) is 17.9 Å². The molecule has 0 aromatic carbocycles. The maximum atomic E-state index is 13.7. The second-order valence-corrected chi connectivity index (χ2v) is 27.6. The number of ether oxygens (including phenoxy) is 5. The minimum Gasteiger partial charge on any atom is -0.496 e. The molecule has 0 radical (unpaired) electrons. The molecule has 5 aliphatic heterocycles. The Labute approximate surface area is 687 Å². The summed E-state index contributed by atoms with van der Waals surface area (Å²) in [6, 6.07) is 4.36. The standard InChI is InChI=1S/C27H31ClN8O4.C21H19ClN6O4.C15H16ClN5O2.C6H14N2O.C6H5NO3.C2H6O/c1-15-12-32-20(16(2)22(15)39-3)14-36-24-21(23(28)33-27(29)34-24)19(26(36)38)11-18-10-17(13-31-18)25(37)30-4-5-35-6-8-40-9-7-35;1-9-6-25-14(10(2)16(9)32-3)8-28-18-15(17(22)26-21(23)27-18)13(19(28)29)5-12-4-11(7-24-12)20(30)31;1-7-5-18-10(8(2)12(7)23-3)6-21-11(22)4-9-13(16)19-15(17)20-14(9)21;7-1-2-8-3-5-9-6-4-8;8-3-5-1-4(2-7-5)6(9)10;1-2-3/h10-13,31H,4-9,14H2,1-3H3,(H,30,37)(H2,29,33,34);4-7,24H,8H2,1-3H3,(H,30,31)(H2,23,26,27);5H,4,6H2,1-3H3,(H2,17,19,20);1-7H2;1-3,7H,(H,9,10);3H,2H2,1H3/b19-11-;13-5-;;;;. The van der Waals surface area contributed by atoms with E-state index in [2.05, 4.69) is 74.9 Å². The second-order valence-electron chi connectivity index (χ2n) is 26.5. The number of aryl methyl sites for hydroxylation is 3. The van der Waals surface area contributed by atoms with Crippen LogP contribution in [0.25, 0.3) is 23.3 Å². The van der Waals surface area contributed by atoms with Crippen LogP contribution in [0.1, 0.15) is 127 Å². The Morgan fingerprint density at radius 3 is 1.31 bits per heavy atom. The average molecular weight is 1670 g/mol. The molecule has 14 rings (SSSR count). The lowest BCUT2D eigenvalue weighted by Gasteiger charge is -2.26. The largest absolute Gasteiger partial charge is 0.496 e. The topological polar surface area (TPSA) is 522 Å². The number of nitrogen functional groups attached to an aromatic ring is 3. The molecule has 15 N–H and O–H groups in total. The number of methoxy groups -OCH3 is 3. The molecule has 5 aliphatic rings. The van der Waals surface area contributed by atoms with E-state index in [-0.39, 0.29) is 117 Å². The van der Waals surface area contributed by atoms with Crippen molar-refractivity contribution in [3.8, 4) is 17.2 Å². The van der Waals surface area contributed by atoms with E-state index in [0.717, 1.165) is 104 Å². The number of nitrogens with one attached hydrogen (secondary N) is 4. The predicted octanol–water partition coefficient (Wildman–Crippen LogP) is 6.68. The van der Waals surface area contributed by atoms with Gasteiger partial charge in [0.05, 0.1) is 136 Å². The van der Waals surface area contributed by atoms with Crippen LogP contribution >= 0.6 is 34.8 Å². The number of carboxylic acid groups (broad SMARTS) is 2. The van der Waals surface area contributed by atoms with Crippen LogP contribution in [0.5, 0.6) is 17.2 Å². The van der Waals surface area contributed by atoms with Crippen molar-refractivity contribution in [3.05, 3.63) is 172 Å². The van der Waals surface area contributed by atoms with E-state index in [1.54, 1.807) is 65.2 Å². The van der Waals surface area contributed by atoms with E-state index in [1.165, 1.54) is 45.3 Å². The van der Waals surface area contributed by atoms with Crippen molar-refractivity contribution in [1.82, 2.24) is 74.9 Å². The molecule has 0 aliphatic carbocycles. The first-order valence-electron chi connectivity index (χ1n) is 36.5. The second kappa shape index (κ2) is 41.0. The number of anilines is 6. The highest BCUT2D eigenvalue weighted by molar-refractivity contribution is 6.42. The number of halogens is 3. The van der Waals surface area contributed by atoms with Gasteiger partial charge < -0.3 is 82.2 Å². The number of carbonyl (C=O) groups excluding carboxylic acids is 5. The van der Waals surface area contributed by atoms with Crippen molar-refractivity contribution in [3.63, 3.8) is 0 Å². The number of morpholine rings is 2. The number of nitrogens with zero attached hydrogens (tertiary/aromatic N) is 14. The number of nitrogens with two attached hydrogens (primary N) is 4. The Kier molecular flexibility index (Phi) is 31.1. The summed E-state index contributed by atoms with van der Waals surface area (Å²) in [6.45, 7) is 23.8. The predicted molar refractivity (Wildman–Crippen MR) is 439 cm³/mol. The molecule has 0 unspecified atom stereocenters. The molecule has 9 aromatic rings. The number of rotatable bonds is 20. The lowest BCUT2D eigenvalue weighted by Crippen LogP contribution is -2.41. The average Bonchev–Trinajstić information content (AvgIpc) is 1.61. The normalized spacial score (nSPS) is 14.8. The third-order valence-electron chi connectivity index (χ3n) is 18.7. The molecule has 620 valence electrons. The molecule has 0 saturated carbocycles. The molecule has 4 amide bonds. The fourth-order valence-electron chi connectivity index (χ4n) is 12.9. The highest BCUT2D eigenvalue weighted by atomic mass is 35.5. The van der Waals surface area contributed by atoms with Gasteiger partial charge in [0.2, 0.25) is 23.8 Å². The number of amides is 4. The number of aromatic amines is 3. The molecule has 2 fully saturated rings. The van der Waals surface area contributed by atoms with Crippen LogP contribution in [-0.2, 0) is 49.9 Å². The molecule has 14 heterocycles. The molecule has 0 spiro atoms. The molecule has 40 heteroatoms. The van der Waals surface area contributed by atoms with Crippen molar-refractivity contribution >= 4 is 135 Å². The number of aldehydes is 1. The monoisotopic (exact) mass is 1670 g/mol. The van der Waals surface area contributed by atoms with Crippen LogP contribution in [0.3, 0.4) is 0 Å². The lowest BCUT2D eigenvalue weighted by atomic mass is 10.1. The molecule has 117 heavy (non-hydrogen) atoms. The van der Waals surface area contributed by atoms with Crippen LogP contribution in [0.4, 0.5) is 35.3 Å². The molecular weight excluding hydrogens is 1580 g/mol. The van der Waals surface area contributed by atoms with Crippen LogP contribution < -0.4 is 57.2 Å². The van der Waals surface area contributed by atoms with Crippen LogP contribution in [0, 0.1) is 41.5 Å². The van der Waals surface area contributed by atoms with Gasteiger partial charge in [0.25, 0.3) is 17.7 Å². The zero-order valence-electron chi connectivity index (χ0n) is 65.9. The van der Waals surface area contributed by atoms with E-state index in [4.69, 9.17) is 96.7 Å². The summed E-state index contributed by atoms with van der Waals surface area (Å²) in [5, 5.41) is 28.3. The molecule has 9 aromatic heterocycles. The minimum absolute atomic E-state index is 0.0192. The number of aromatic carboxylic acids is 2. The Morgan fingerprint density at radius 1 is 0.556 bits per heavy atom. The summed E-state index contributed by atoms with van der Waals surface area (Å²) in [7, 11) is 4.79. The highest BCUT2D eigenvalue weighted by Gasteiger charge is 2.40. The van der Waals surface area contributed by atoms with E-state index in [0.29, 0.717) is 94.2 Å². The first-order chi connectivity index (χ1) is 56.0. The van der Waals surface area contributed by atoms with E-state index in [9.17, 15) is 33.6 Å². The molecule has 37 nitrogen and oxygen atoms in total. The zero-order chi connectivity index (χ0) is 85.1. The molecular formula is C77H91Cl3N22O15. The summed E-state index contributed by atoms with van der Waals surface area (Å²) in [4.78, 5) is 139. The van der Waals surface area contributed by atoms with Gasteiger partial charge in [-0.1, -0.05) is 34.8 Å². The van der Waals surface area contributed by atoms with Crippen LogP contribution in [0.15, 0.2) is 55.4 Å². The lowest BCUT2D eigenvalue weighted by molar-refractivity contribution is -0.117. The van der Waals surface area contributed by atoms with Crippen molar-refractivity contribution < 1.29 is 72.6 Å². The maximum Gasteiger partial charge on any atom is 0.337 e. The van der Waals surface area contributed by atoms with Gasteiger partial charge in [-0.3, -0.25) is 63.4 Å². The Bertz CT molecular complexity index is 5210. The van der Waals surface area contributed by atoms with E-state index >= 15 is 0 Å². The first-order valence-corrected chi connectivity index (χ1v) is 37.6. The molecule has 0 bridgehead atoms. The minimum atomic E-state index is -1.09. The number of aromatic nitrogens is 12. The first kappa shape index (κ1) is 88.9. The number of carboxylic acids is 2. The number of hydrogen-bond acceptors (Lipinski definition) is 28. The summed E-state index contributed by atoms with van der Waals surface area (Å²) < 4.78 is 26.9. The smallest absolute Gasteiger partial charge is 0.337 e. The maximum absolute atomic E-state index is 13.7. The third kappa shape index (κ3) is 21.7. The summed E-state index contributed by atoms with van der Waals surface area (Å²) in [6.07, 6.45) is 13.2. The molecule has 2 saturated heterocycles. The number of carbonyl (C=O) groups is 7. The van der Waals surface area contributed by atoms with Gasteiger partial charge in [-0.15, -0.1) is 0 Å². The number of hydrogen-bond donors (Lipinski definition) is 11. The highest BCUT2D eigenvalue weighted by Crippen LogP contribution is 2.44. The van der Waals surface area contributed by atoms with Crippen LogP contribution in [0.2, 0.25) is 15.5 Å².